The SMILES string of the molecule is Cc1ccc(-n2c(S[C@H](C)C(N)=O)nc3cc(Cl)ccc3c2=O)cc1. The molecule has 1 heterocycles. The first kappa shape index (κ1) is 17.5. The number of carbonyl (C=O) groups excluding carboxylic acids is 1. The summed E-state index contributed by atoms with van der Waals surface area (Å²) in [4.78, 5) is 29.1. The van der Waals surface area contributed by atoms with Crippen molar-refractivity contribution in [1.82, 2.24) is 9.55 Å². The van der Waals surface area contributed by atoms with Crippen LogP contribution < -0.4 is 11.3 Å². The van der Waals surface area contributed by atoms with E-state index in [1.807, 2.05) is 31.2 Å². The molecule has 25 heavy (non-hydrogen) atoms. The van der Waals surface area contributed by atoms with Crippen molar-refractivity contribution in [2.45, 2.75) is 24.3 Å². The molecule has 3 rings (SSSR count). The number of hydrogen-bond acceptors (Lipinski definition) is 4. The summed E-state index contributed by atoms with van der Waals surface area (Å²) in [5.41, 5.74) is 7.40. The summed E-state index contributed by atoms with van der Waals surface area (Å²) in [6.45, 7) is 3.65. The number of carbonyl (C=O) groups is 1. The average Bonchev–Trinajstić information content (AvgIpc) is 2.56. The van der Waals surface area contributed by atoms with Crippen LogP contribution in [-0.4, -0.2) is 20.7 Å². The first-order valence-corrected chi connectivity index (χ1v) is 8.88. The number of hydrogen-bond donors (Lipinski definition) is 1. The molecule has 1 aromatic heterocycles. The smallest absolute Gasteiger partial charge is 0.266 e. The van der Waals surface area contributed by atoms with Gasteiger partial charge in [-0.25, -0.2) is 4.98 Å². The van der Waals surface area contributed by atoms with Crippen molar-refractivity contribution in [2.75, 3.05) is 0 Å². The number of nitrogens with zero attached hydrogens (tertiary/aromatic N) is 2. The topological polar surface area (TPSA) is 78.0 Å². The highest BCUT2D eigenvalue weighted by Crippen LogP contribution is 2.26. The van der Waals surface area contributed by atoms with Crippen molar-refractivity contribution < 1.29 is 4.79 Å². The molecule has 0 spiro atoms. The third-order valence-corrected chi connectivity index (χ3v) is 5.08. The number of amides is 1. The Morgan fingerprint density at radius 3 is 2.56 bits per heavy atom. The molecule has 0 saturated heterocycles. The van der Waals surface area contributed by atoms with E-state index in [9.17, 15) is 9.59 Å². The van der Waals surface area contributed by atoms with Gasteiger partial charge in [-0.05, 0) is 44.2 Å². The van der Waals surface area contributed by atoms with Gasteiger partial charge < -0.3 is 5.73 Å². The summed E-state index contributed by atoms with van der Waals surface area (Å²) in [6.07, 6.45) is 0. The van der Waals surface area contributed by atoms with E-state index in [1.165, 1.54) is 4.57 Å². The van der Waals surface area contributed by atoms with Crippen molar-refractivity contribution in [3.05, 3.63) is 63.4 Å². The average molecular weight is 374 g/mol. The zero-order chi connectivity index (χ0) is 18.1. The third-order valence-electron chi connectivity index (χ3n) is 3.78. The summed E-state index contributed by atoms with van der Waals surface area (Å²) < 4.78 is 1.50. The van der Waals surface area contributed by atoms with Crippen LogP contribution in [0.1, 0.15) is 12.5 Å². The van der Waals surface area contributed by atoms with Gasteiger partial charge in [-0.2, -0.15) is 0 Å². The molecule has 2 aromatic carbocycles. The van der Waals surface area contributed by atoms with Gasteiger partial charge in [-0.15, -0.1) is 0 Å². The van der Waals surface area contributed by atoms with Crippen LogP contribution in [0, 0.1) is 6.92 Å². The normalized spacial score (nSPS) is 12.3. The number of halogens is 1. The number of aryl methyl sites for hydroxylation is 1. The Hall–Kier alpha value is -2.31. The molecule has 0 fully saturated rings. The Bertz CT molecular complexity index is 1020. The Morgan fingerprint density at radius 1 is 1.24 bits per heavy atom. The summed E-state index contributed by atoms with van der Waals surface area (Å²) in [7, 11) is 0. The van der Waals surface area contributed by atoms with Gasteiger partial charge in [0.2, 0.25) is 5.91 Å². The van der Waals surface area contributed by atoms with Crippen molar-refractivity contribution in [2.24, 2.45) is 5.73 Å². The molecule has 5 nitrogen and oxygen atoms in total. The zero-order valence-corrected chi connectivity index (χ0v) is 15.3. The molecular weight excluding hydrogens is 358 g/mol. The maximum absolute atomic E-state index is 13.0. The van der Waals surface area contributed by atoms with Crippen molar-refractivity contribution in [1.29, 1.82) is 0 Å². The van der Waals surface area contributed by atoms with Crippen LogP contribution in [0.15, 0.2) is 52.4 Å². The predicted octanol–water partition coefficient (Wildman–Crippen LogP) is 3.31. The Labute approximate surface area is 153 Å². The molecule has 3 aromatic rings. The van der Waals surface area contributed by atoms with E-state index < -0.39 is 11.2 Å². The summed E-state index contributed by atoms with van der Waals surface area (Å²) in [6, 6.07) is 12.5. The minimum Gasteiger partial charge on any atom is -0.369 e. The molecule has 1 amide bonds. The molecule has 128 valence electrons. The molecular formula is C18H16ClN3O2S. The van der Waals surface area contributed by atoms with E-state index in [4.69, 9.17) is 17.3 Å². The van der Waals surface area contributed by atoms with Crippen molar-refractivity contribution in [3.8, 4) is 5.69 Å². The third kappa shape index (κ3) is 3.55. The van der Waals surface area contributed by atoms with Crippen LogP contribution in [0.25, 0.3) is 16.6 Å². The molecule has 0 aliphatic heterocycles. The first-order valence-electron chi connectivity index (χ1n) is 7.62. The fourth-order valence-electron chi connectivity index (χ4n) is 2.36. The highest BCUT2D eigenvalue weighted by molar-refractivity contribution is 8.00. The number of fused-ring (bicyclic) bond motifs is 1. The molecule has 7 heteroatoms. The summed E-state index contributed by atoms with van der Waals surface area (Å²) in [5.74, 6) is -0.471. The lowest BCUT2D eigenvalue weighted by molar-refractivity contribution is -0.117. The Kier molecular flexibility index (Phi) is 4.83. The van der Waals surface area contributed by atoms with Crippen LogP contribution in [0.2, 0.25) is 5.02 Å². The molecule has 1 atom stereocenters. The summed E-state index contributed by atoms with van der Waals surface area (Å²) in [5, 5.41) is 0.822. The number of rotatable bonds is 4. The van der Waals surface area contributed by atoms with E-state index >= 15 is 0 Å². The van der Waals surface area contributed by atoms with Gasteiger partial charge >= 0.3 is 0 Å². The number of thioether (sulfide) groups is 1. The highest BCUT2D eigenvalue weighted by atomic mass is 35.5. The van der Waals surface area contributed by atoms with E-state index in [0.717, 1.165) is 17.3 Å². The minimum atomic E-state index is -0.528. The predicted molar refractivity (Wildman–Crippen MR) is 102 cm³/mol. The summed E-state index contributed by atoms with van der Waals surface area (Å²) >= 11 is 7.17. The zero-order valence-electron chi connectivity index (χ0n) is 13.7. The molecule has 0 saturated carbocycles. The van der Waals surface area contributed by atoms with Crippen molar-refractivity contribution in [3.63, 3.8) is 0 Å². The van der Waals surface area contributed by atoms with Gasteiger partial charge in [0.25, 0.3) is 5.56 Å². The van der Waals surface area contributed by atoms with Crippen LogP contribution >= 0.6 is 23.4 Å². The Morgan fingerprint density at radius 2 is 1.92 bits per heavy atom. The number of primary amides is 1. The fourth-order valence-corrected chi connectivity index (χ4v) is 3.40. The van der Waals surface area contributed by atoms with E-state index in [2.05, 4.69) is 4.98 Å². The second kappa shape index (κ2) is 6.90. The maximum Gasteiger partial charge on any atom is 0.266 e. The van der Waals surface area contributed by atoms with Crippen LogP contribution in [-0.2, 0) is 4.79 Å². The standard InChI is InChI=1S/C18H16ClN3O2S/c1-10-3-6-13(7-4-10)22-17(24)14-8-5-12(19)9-15(14)21-18(22)25-11(2)16(20)23/h3-9,11H,1-2H3,(H2,20,23)/t11-/m1/s1. The van der Waals surface area contributed by atoms with Gasteiger partial charge in [0.1, 0.15) is 0 Å². The van der Waals surface area contributed by atoms with Gasteiger partial charge in [0, 0.05) is 5.02 Å². The Balaban J connectivity index is 2.29. The monoisotopic (exact) mass is 373 g/mol. The largest absolute Gasteiger partial charge is 0.369 e. The lowest BCUT2D eigenvalue weighted by Crippen LogP contribution is -2.26. The fraction of sp³-hybridized carbons (Fsp3) is 0.167. The van der Waals surface area contributed by atoms with Gasteiger partial charge in [-0.3, -0.25) is 14.2 Å². The van der Waals surface area contributed by atoms with Gasteiger partial charge in [-0.1, -0.05) is 41.1 Å². The van der Waals surface area contributed by atoms with Crippen LogP contribution in [0.3, 0.4) is 0 Å². The number of nitrogens with two attached hydrogens (primary N) is 1. The van der Waals surface area contributed by atoms with Crippen molar-refractivity contribution >= 4 is 40.2 Å². The molecule has 0 radical (unpaired) electrons. The van der Waals surface area contributed by atoms with E-state index in [1.54, 1.807) is 25.1 Å². The van der Waals surface area contributed by atoms with Crippen LogP contribution in [0.5, 0.6) is 0 Å². The van der Waals surface area contributed by atoms with Gasteiger partial charge in [0.05, 0.1) is 21.8 Å². The molecule has 0 aliphatic rings. The highest BCUT2D eigenvalue weighted by Gasteiger charge is 2.18. The molecule has 0 aliphatic carbocycles. The first-order chi connectivity index (χ1) is 11.9. The second-order valence-electron chi connectivity index (χ2n) is 5.69. The van der Waals surface area contributed by atoms with Gasteiger partial charge in [0.15, 0.2) is 5.16 Å². The molecule has 2 N–H and O–H groups in total. The quantitative estimate of drug-likeness (QED) is 0.562. The maximum atomic E-state index is 13.0. The minimum absolute atomic E-state index is 0.218. The van der Waals surface area contributed by atoms with Crippen LogP contribution in [0.4, 0.5) is 0 Å². The molecule has 0 bridgehead atoms. The lowest BCUT2D eigenvalue weighted by atomic mass is 10.2. The number of benzene rings is 2. The van der Waals surface area contributed by atoms with E-state index in [0.29, 0.717) is 26.8 Å². The van der Waals surface area contributed by atoms with E-state index in [-0.39, 0.29) is 5.56 Å². The lowest BCUT2D eigenvalue weighted by Gasteiger charge is -2.15. The molecule has 0 unspecified atom stereocenters. The number of aromatic nitrogens is 2. The second-order valence-corrected chi connectivity index (χ2v) is 7.44.